The van der Waals surface area contributed by atoms with Gasteiger partial charge in [-0.3, -0.25) is 4.90 Å². The zero-order chi connectivity index (χ0) is 9.68. The Bertz CT molecular complexity index is 139. The molecule has 1 rings (SSSR count). The zero-order valence-electron chi connectivity index (χ0n) is 8.79. The maximum atomic E-state index is 9.35. The largest absolute Gasteiger partial charge is 0.392 e. The van der Waals surface area contributed by atoms with Gasteiger partial charge in [-0.05, 0) is 19.9 Å². The zero-order valence-corrected chi connectivity index (χ0v) is 8.79. The van der Waals surface area contributed by atoms with Crippen LogP contribution in [0.3, 0.4) is 0 Å². The maximum Gasteiger partial charge on any atom is 0.0679 e. The molecule has 0 bridgehead atoms. The van der Waals surface area contributed by atoms with Crippen molar-refractivity contribution in [2.45, 2.75) is 38.3 Å². The Balaban J connectivity index is 2.21. The van der Waals surface area contributed by atoms with Crippen molar-refractivity contribution in [3.8, 4) is 0 Å². The molecule has 3 heteroatoms. The molecule has 0 radical (unpaired) electrons. The molecular weight excluding hydrogens is 164 g/mol. The van der Waals surface area contributed by atoms with E-state index in [0.29, 0.717) is 6.04 Å². The van der Waals surface area contributed by atoms with Crippen molar-refractivity contribution in [2.75, 3.05) is 26.7 Å². The highest BCUT2D eigenvalue weighted by Crippen LogP contribution is 2.10. The van der Waals surface area contributed by atoms with Crippen LogP contribution >= 0.6 is 0 Å². The fourth-order valence-corrected chi connectivity index (χ4v) is 1.97. The summed E-state index contributed by atoms with van der Waals surface area (Å²) in [6, 6.07) is 0.593. The van der Waals surface area contributed by atoms with Crippen molar-refractivity contribution in [1.29, 1.82) is 0 Å². The van der Waals surface area contributed by atoms with Gasteiger partial charge in [-0.15, -0.1) is 0 Å². The molecule has 78 valence electrons. The van der Waals surface area contributed by atoms with Gasteiger partial charge in [0.2, 0.25) is 0 Å². The van der Waals surface area contributed by atoms with Crippen molar-refractivity contribution in [2.24, 2.45) is 0 Å². The predicted octanol–water partition coefficient (Wildman–Crippen LogP) is 0.441. The molecule has 13 heavy (non-hydrogen) atoms. The molecule has 2 N–H and O–H groups in total. The van der Waals surface area contributed by atoms with E-state index in [4.69, 9.17) is 0 Å². The molecule has 0 spiro atoms. The number of aliphatic hydroxyl groups excluding tert-OH is 1. The maximum absolute atomic E-state index is 9.35. The highest BCUT2D eigenvalue weighted by molar-refractivity contribution is 4.78. The van der Waals surface area contributed by atoms with Crippen LogP contribution < -0.4 is 5.32 Å². The smallest absolute Gasteiger partial charge is 0.0679 e. The van der Waals surface area contributed by atoms with Crippen molar-refractivity contribution in [1.82, 2.24) is 10.2 Å². The summed E-state index contributed by atoms with van der Waals surface area (Å²) >= 11 is 0. The van der Waals surface area contributed by atoms with E-state index in [0.717, 1.165) is 26.1 Å². The number of rotatable bonds is 5. The van der Waals surface area contributed by atoms with Gasteiger partial charge in [-0.25, -0.2) is 0 Å². The summed E-state index contributed by atoms with van der Waals surface area (Å²) < 4.78 is 0. The molecule has 3 nitrogen and oxygen atoms in total. The van der Waals surface area contributed by atoms with Gasteiger partial charge in [-0.1, -0.05) is 13.3 Å². The number of hydrogen-bond acceptors (Lipinski definition) is 3. The quantitative estimate of drug-likeness (QED) is 0.654. The lowest BCUT2D eigenvalue weighted by molar-refractivity contribution is 0.172. The van der Waals surface area contributed by atoms with Crippen molar-refractivity contribution >= 4 is 0 Å². The highest BCUT2D eigenvalue weighted by atomic mass is 16.3. The SMILES string of the molecule is CCC[C@H](CN1CC[C@H](O)C1)NC. The standard InChI is InChI=1S/C10H22N2O/c1-3-4-9(11-2)7-12-6-5-10(13)8-12/h9-11,13H,3-8H2,1-2H3/t9-,10+/m1/s1. The topological polar surface area (TPSA) is 35.5 Å². The predicted molar refractivity (Wildman–Crippen MR) is 54.8 cm³/mol. The number of likely N-dealkylation sites (N-methyl/N-ethyl adjacent to an activating group) is 1. The van der Waals surface area contributed by atoms with Crippen LogP contribution in [0.5, 0.6) is 0 Å². The van der Waals surface area contributed by atoms with Crippen LogP contribution in [0.25, 0.3) is 0 Å². The average molecular weight is 186 g/mol. The number of β-amino-alcohol motifs (C(OH)–C–C–N with tert-alkyl or cyclic N) is 1. The summed E-state index contributed by atoms with van der Waals surface area (Å²) in [5.41, 5.74) is 0. The van der Waals surface area contributed by atoms with Gasteiger partial charge in [0.25, 0.3) is 0 Å². The molecule has 1 heterocycles. The molecule has 0 amide bonds. The van der Waals surface area contributed by atoms with Crippen molar-refractivity contribution < 1.29 is 5.11 Å². The molecule has 0 aromatic heterocycles. The minimum Gasteiger partial charge on any atom is -0.392 e. The van der Waals surface area contributed by atoms with Crippen LogP contribution in [-0.2, 0) is 0 Å². The molecule has 0 unspecified atom stereocenters. The molecule has 1 saturated heterocycles. The van der Waals surface area contributed by atoms with Gasteiger partial charge >= 0.3 is 0 Å². The molecular formula is C10H22N2O. The first-order valence-electron chi connectivity index (χ1n) is 5.34. The van der Waals surface area contributed by atoms with Crippen LogP contribution in [0.2, 0.25) is 0 Å². The lowest BCUT2D eigenvalue weighted by Crippen LogP contribution is -2.38. The van der Waals surface area contributed by atoms with Crippen molar-refractivity contribution in [3.05, 3.63) is 0 Å². The molecule has 0 aromatic carbocycles. The van der Waals surface area contributed by atoms with Gasteiger partial charge in [0.15, 0.2) is 0 Å². The average Bonchev–Trinajstić information content (AvgIpc) is 2.50. The summed E-state index contributed by atoms with van der Waals surface area (Å²) in [6.07, 6.45) is 3.31. The summed E-state index contributed by atoms with van der Waals surface area (Å²) in [6.45, 7) is 5.22. The van der Waals surface area contributed by atoms with Crippen LogP contribution in [0.4, 0.5) is 0 Å². The van der Waals surface area contributed by atoms with Gasteiger partial charge in [0.05, 0.1) is 6.10 Å². The number of likely N-dealkylation sites (tertiary alicyclic amines) is 1. The second kappa shape index (κ2) is 5.58. The fourth-order valence-electron chi connectivity index (χ4n) is 1.97. The highest BCUT2D eigenvalue weighted by Gasteiger charge is 2.21. The molecule has 2 atom stereocenters. The van der Waals surface area contributed by atoms with Crippen LogP contribution in [0.1, 0.15) is 26.2 Å². The van der Waals surface area contributed by atoms with E-state index >= 15 is 0 Å². The first-order chi connectivity index (χ1) is 6.26. The molecule has 1 fully saturated rings. The summed E-state index contributed by atoms with van der Waals surface area (Å²) in [5, 5.41) is 12.7. The molecule has 0 aromatic rings. The van der Waals surface area contributed by atoms with E-state index < -0.39 is 0 Å². The van der Waals surface area contributed by atoms with E-state index in [9.17, 15) is 5.11 Å². The second-order valence-corrected chi connectivity index (χ2v) is 3.98. The lowest BCUT2D eigenvalue weighted by atomic mass is 10.1. The third kappa shape index (κ3) is 3.63. The second-order valence-electron chi connectivity index (χ2n) is 3.98. The van der Waals surface area contributed by atoms with E-state index in [1.54, 1.807) is 0 Å². The monoisotopic (exact) mass is 186 g/mol. The van der Waals surface area contributed by atoms with Gasteiger partial charge in [0, 0.05) is 25.7 Å². The lowest BCUT2D eigenvalue weighted by Gasteiger charge is -2.22. The first kappa shape index (κ1) is 11.0. The molecule has 0 aliphatic carbocycles. The van der Waals surface area contributed by atoms with Gasteiger partial charge in [-0.2, -0.15) is 0 Å². The van der Waals surface area contributed by atoms with Crippen LogP contribution in [0, 0.1) is 0 Å². The Labute approximate surface area is 81.1 Å². The molecule has 1 aliphatic rings. The Hall–Kier alpha value is -0.120. The van der Waals surface area contributed by atoms with Crippen LogP contribution in [-0.4, -0.2) is 48.8 Å². The normalized spacial score (nSPS) is 26.5. The molecule has 1 aliphatic heterocycles. The van der Waals surface area contributed by atoms with E-state index in [2.05, 4.69) is 17.1 Å². The summed E-state index contributed by atoms with van der Waals surface area (Å²) in [5.74, 6) is 0. The van der Waals surface area contributed by atoms with Gasteiger partial charge < -0.3 is 10.4 Å². The third-order valence-corrected chi connectivity index (χ3v) is 2.77. The number of nitrogens with zero attached hydrogens (tertiary/aromatic N) is 1. The first-order valence-corrected chi connectivity index (χ1v) is 5.34. The summed E-state index contributed by atoms with van der Waals surface area (Å²) in [7, 11) is 2.02. The third-order valence-electron chi connectivity index (χ3n) is 2.77. The van der Waals surface area contributed by atoms with E-state index in [1.807, 2.05) is 7.05 Å². The number of hydrogen-bond donors (Lipinski definition) is 2. The summed E-state index contributed by atoms with van der Waals surface area (Å²) in [4.78, 5) is 2.35. The fraction of sp³-hybridized carbons (Fsp3) is 1.00. The Kier molecular flexibility index (Phi) is 4.70. The number of nitrogens with one attached hydrogen (secondary N) is 1. The van der Waals surface area contributed by atoms with E-state index in [-0.39, 0.29) is 6.10 Å². The Morgan fingerprint density at radius 3 is 2.85 bits per heavy atom. The van der Waals surface area contributed by atoms with Crippen LogP contribution in [0.15, 0.2) is 0 Å². The van der Waals surface area contributed by atoms with Gasteiger partial charge in [0.1, 0.15) is 0 Å². The Morgan fingerprint density at radius 1 is 1.62 bits per heavy atom. The van der Waals surface area contributed by atoms with Crippen molar-refractivity contribution in [3.63, 3.8) is 0 Å². The minimum absolute atomic E-state index is 0.0841. The Morgan fingerprint density at radius 2 is 2.38 bits per heavy atom. The van der Waals surface area contributed by atoms with E-state index in [1.165, 1.54) is 12.8 Å². The molecule has 0 saturated carbocycles. The number of aliphatic hydroxyl groups is 1. The minimum atomic E-state index is -0.0841.